The molecule has 0 heterocycles. The molecule has 0 aromatic heterocycles. The molecule has 0 aromatic rings. The normalized spacial score (nSPS) is 7.42. The molecule has 69 valence electrons. The SMILES string of the molecule is C.[CH-]=CN=[C-][C](=[W])CCC.[CH3-].[Y]. The summed E-state index contributed by atoms with van der Waals surface area (Å²) in [6.45, 7) is 7.15. The van der Waals surface area contributed by atoms with Gasteiger partial charge in [0, 0.05) is 32.7 Å². The molecule has 0 unspecified atom stereocenters. The van der Waals surface area contributed by atoms with Crippen LogP contribution in [0.1, 0.15) is 27.2 Å². The fraction of sp³-hybridized carbons (Fsp3) is 0.444. The van der Waals surface area contributed by atoms with Gasteiger partial charge in [0.2, 0.25) is 0 Å². The van der Waals surface area contributed by atoms with Crippen LogP contribution in [0, 0.1) is 14.0 Å². The molecule has 0 aromatic carbocycles. The number of aliphatic imine (C=N–C) groups is 1. The van der Waals surface area contributed by atoms with Crippen molar-refractivity contribution in [1.82, 2.24) is 0 Å². The van der Waals surface area contributed by atoms with Gasteiger partial charge in [-0.1, -0.05) is 7.43 Å². The molecular weight excluding hydrogens is 395 g/mol. The fourth-order valence-corrected chi connectivity index (χ4v) is 1.31. The molecular formula is C9H16NWY-3. The van der Waals surface area contributed by atoms with Gasteiger partial charge in [-0.2, -0.15) is 0 Å². The van der Waals surface area contributed by atoms with Crippen molar-refractivity contribution in [1.29, 1.82) is 0 Å². The maximum absolute atomic E-state index is 5.01. The van der Waals surface area contributed by atoms with Gasteiger partial charge in [-0.3, -0.25) is 0 Å². The van der Waals surface area contributed by atoms with Gasteiger partial charge in [0.15, 0.2) is 0 Å². The van der Waals surface area contributed by atoms with Crippen LogP contribution in [0.15, 0.2) is 11.2 Å². The van der Waals surface area contributed by atoms with Gasteiger partial charge < -0.3 is 7.43 Å². The van der Waals surface area contributed by atoms with Gasteiger partial charge >= 0.3 is 67.0 Å². The second kappa shape index (κ2) is 18.0. The molecule has 1 radical (unpaired) electrons. The molecule has 0 bridgehead atoms. The van der Waals surface area contributed by atoms with Crippen molar-refractivity contribution in [2.45, 2.75) is 27.2 Å². The average Bonchev–Trinajstić information content (AvgIpc) is 1.85. The van der Waals surface area contributed by atoms with Crippen molar-refractivity contribution in [3.8, 4) is 0 Å². The van der Waals surface area contributed by atoms with E-state index >= 15 is 0 Å². The van der Waals surface area contributed by atoms with Crippen LogP contribution in [0.2, 0.25) is 0 Å². The zero-order chi connectivity index (χ0) is 7.11. The first-order valence-electron chi connectivity index (χ1n) is 2.83. The van der Waals surface area contributed by atoms with Crippen molar-refractivity contribution in [3.05, 3.63) is 20.2 Å². The van der Waals surface area contributed by atoms with Crippen molar-refractivity contribution >= 4 is 10.1 Å². The Balaban J connectivity index is -0.000000107. The molecule has 0 fully saturated rings. The summed E-state index contributed by atoms with van der Waals surface area (Å²) in [6.07, 6.45) is 6.34. The van der Waals surface area contributed by atoms with Gasteiger partial charge in [-0.05, 0) is 0 Å². The second-order valence-electron chi connectivity index (χ2n) is 1.56. The van der Waals surface area contributed by atoms with Crippen molar-refractivity contribution in [2.75, 3.05) is 0 Å². The summed E-state index contributed by atoms with van der Waals surface area (Å²) in [6, 6.07) is 0. The molecule has 12 heavy (non-hydrogen) atoms. The van der Waals surface area contributed by atoms with Gasteiger partial charge in [-0.25, -0.2) is 0 Å². The van der Waals surface area contributed by atoms with E-state index in [1.807, 2.05) is 0 Å². The minimum absolute atomic E-state index is 0. The van der Waals surface area contributed by atoms with Crippen LogP contribution in [0.3, 0.4) is 0 Å². The summed E-state index contributed by atoms with van der Waals surface area (Å²) >= 11 is 1.43. The first kappa shape index (κ1) is 23.1. The van der Waals surface area contributed by atoms with E-state index in [0.29, 0.717) is 0 Å². The molecule has 0 aliphatic heterocycles. The van der Waals surface area contributed by atoms with Gasteiger partial charge in [0.1, 0.15) is 0 Å². The predicted molar refractivity (Wildman–Crippen MR) is 49.4 cm³/mol. The minimum Gasteiger partial charge on any atom is -0.358 e. The number of hydrogen-bond donors (Lipinski definition) is 0. The van der Waals surface area contributed by atoms with Crippen LogP contribution in [0.5, 0.6) is 0 Å². The first-order valence-corrected chi connectivity index (χ1v) is 4.30. The summed E-state index contributed by atoms with van der Waals surface area (Å²) < 4.78 is 1.24. The zero-order valence-corrected chi connectivity index (χ0v) is 12.8. The topological polar surface area (TPSA) is 12.4 Å². The quantitative estimate of drug-likeness (QED) is 0.498. The maximum atomic E-state index is 5.01. The maximum Gasteiger partial charge on any atom is 0 e. The molecule has 0 spiro atoms. The molecule has 0 aliphatic rings. The average molecular weight is 411 g/mol. The summed E-state index contributed by atoms with van der Waals surface area (Å²) in [7, 11) is 0. The second-order valence-corrected chi connectivity index (χ2v) is 3.33. The van der Waals surface area contributed by atoms with Crippen LogP contribution in [0.4, 0.5) is 0 Å². The van der Waals surface area contributed by atoms with E-state index in [2.05, 4.69) is 18.1 Å². The minimum atomic E-state index is 0. The van der Waals surface area contributed by atoms with Gasteiger partial charge in [0.05, 0.1) is 0 Å². The van der Waals surface area contributed by atoms with E-state index in [-0.39, 0.29) is 47.6 Å². The van der Waals surface area contributed by atoms with Gasteiger partial charge in [-0.15, -0.1) is 0 Å². The molecule has 3 heteroatoms. The van der Waals surface area contributed by atoms with Crippen molar-refractivity contribution in [2.24, 2.45) is 4.99 Å². The van der Waals surface area contributed by atoms with Crippen LogP contribution in [0.25, 0.3) is 0 Å². The van der Waals surface area contributed by atoms with E-state index in [4.69, 9.17) is 6.58 Å². The van der Waals surface area contributed by atoms with Crippen LogP contribution in [-0.4, -0.2) is 10.1 Å². The van der Waals surface area contributed by atoms with E-state index in [9.17, 15) is 0 Å². The molecule has 0 rings (SSSR count). The monoisotopic (exact) mass is 411 g/mol. The fourth-order valence-electron chi connectivity index (χ4n) is 0.392. The summed E-state index contributed by atoms with van der Waals surface area (Å²) in [4.78, 5) is 3.68. The number of rotatable bonds is 4. The Morgan fingerprint density at radius 1 is 1.67 bits per heavy atom. The molecule has 0 N–H and O–H groups in total. The first-order chi connectivity index (χ1) is 4.31. The summed E-state index contributed by atoms with van der Waals surface area (Å²) in [5.41, 5.74) is 0. The van der Waals surface area contributed by atoms with Crippen LogP contribution < -0.4 is 0 Å². The van der Waals surface area contributed by atoms with Gasteiger partial charge in [0.25, 0.3) is 0 Å². The van der Waals surface area contributed by atoms with E-state index < -0.39 is 0 Å². The molecule has 0 saturated carbocycles. The summed E-state index contributed by atoms with van der Waals surface area (Å²) in [5, 5.41) is 0. The largest absolute Gasteiger partial charge is 0.358 e. The Hall–Kier alpha value is 1.07. The van der Waals surface area contributed by atoms with Crippen LogP contribution >= 0.6 is 0 Å². The molecule has 1 nitrogen and oxygen atoms in total. The smallest absolute Gasteiger partial charge is 0 e. The van der Waals surface area contributed by atoms with Crippen LogP contribution in [-0.2, 0) is 52.1 Å². The van der Waals surface area contributed by atoms with E-state index in [1.165, 1.54) is 29.5 Å². The third-order valence-electron chi connectivity index (χ3n) is 0.741. The van der Waals surface area contributed by atoms with Crippen molar-refractivity contribution in [3.63, 3.8) is 0 Å². The number of nitrogens with zero attached hydrogens (tertiary/aromatic N) is 1. The Bertz CT molecular complexity index is 132. The Kier molecular flexibility index (Phi) is 34.7. The molecule has 0 atom stereocenters. The third kappa shape index (κ3) is 17.2. The Morgan fingerprint density at radius 2 is 2.17 bits per heavy atom. The number of hydrogen-bond acceptors (Lipinski definition) is 1. The van der Waals surface area contributed by atoms with E-state index in [0.717, 1.165) is 12.8 Å². The van der Waals surface area contributed by atoms with E-state index in [1.54, 1.807) is 0 Å². The van der Waals surface area contributed by atoms with Crippen molar-refractivity contribution < 1.29 is 52.1 Å². The Labute approximate surface area is 113 Å². The molecule has 0 amide bonds. The zero-order valence-electron chi connectivity index (χ0n) is 7.00. The molecule has 0 aliphatic carbocycles. The summed E-state index contributed by atoms with van der Waals surface area (Å²) in [5.74, 6) is 0. The molecule has 0 saturated heterocycles. The third-order valence-corrected chi connectivity index (χ3v) is 1.80. The predicted octanol–water partition coefficient (Wildman–Crippen LogP) is 2.48. The Morgan fingerprint density at radius 3 is 2.50 bits per heavy atom. The standard InChI is InChI=1S/C7H9N.CH4.CH3.W.Y/c1-3-5-6-7-8-4-2;;;;/h2,4H,3,5H2,1H3;1H4;1H3;;/q-2;;-1;;.